The molecule has 0 atom stereocenters. The highest BCUT2D eigenvalue weighted by Gasteiger charge is 1.93. The molecular formula is C7H12O3. The van der Waals surface area contributed by atoms with E-state index in [4.69, 9.17) is 5.11 Å². The summed E-state index contributed by atoms with van der Waals surface area (Å²) in [4.78, 5) is 10.4. The lowest BCUT2D eigenvalue weighted by molar-refractivity contribution is -0.137. The van der Waals surface area contributed by atoms with E-state index >= 15 is 0 Å². The molecule has 3 heteroatoms. The lowest BCUT2D eigenvalue weighted by atomic mass is 10.4. The van der Waals surface area contributed by atoms with E-state index in [1.165, 1.54) is 0 Å². The van der Waals surface area contributed by atoms with Crippen LogP contribution in [0.4, 0.5) is 0 Å². The second-order valence-electron chi connectivity index (χ2n) is 1.84. The van der Waals surface area contributed by atoms with Crippen molar-refractivity contribution in [3.05, 3.63) is 12.3 Å². The maximum Gasteiger partial charge on any atom is 0.333 e. The maximum atomic E-state index is 10.4. The predicted molar refractivity (Wildman–Crippen MR) is 37.6 cm³/mol. The third kappa shape index (κ3) is 5.15. The third-order valence-corrected chi connectivity index (χ3v) is 0.953. The lowest BCUT2D eigenvalue weighted by Gasteiger charge is -1.97. The fourth-order valence-electron chi connectivity index (χ4n) is 0.426. The van der Waals surface area contributed by atoms with Crippen LogP contribution >= 0.6 is 0 Å². The fraction of sp³-hybridized carbons (Fsp3) is 0.571. The van der Waals surface area contributed by atoms with Crippen LogP contribution in [0, 0.1) is 0 Å². The number of aliphatic hydroxyl groups excluding tert-OH is 1. The number of carbonyl (C=O) groups is 1. The Hall–Kier alpha value is -0.990. The summed E-state index contributed by atoms with van der Waals surface area (Å²) in [5.74, 6) is -0.490. The van der Waals surface area contributed by atoms with Crippen molar-refractivity contribution in [2.24, 2.45) is 0 Å². The van der Waals surface area contributed by atoms with Crippen molar-refractivity contribution in [3.63, 3.8) is 0 Å². The molecule has 0 amide bonds. The molecule has 0 aliphatic carbocycles. The summed E-state index contributed by atoms with van der Waals surface area (Å²) < 4.78 is 4.64. The zero-order chi connectivity index (χ0) is 7.82. The minimum atomic E-state index is -0.490. The van der Waals surface area contributed by atoms with E-state index in [-0.39, 0.29) is 0 Å². The quantitative estimate of drug-likeness (QED) is 0.281. The molecule has 0 saturated heterocycles. The molecule has 58 valence electrons. The van der Waals surface area contributed by atoms with Gasteiger partial charge in [0.15, 0.2) is 0 Å². The number of aliphatic hydroxyl groups is 1. The van der Waals surface area contributed by atoms with Crippen molar-refractivity contribution in [2.45, 2.75) is 19.8 Å². The Labute approximate surface area is 60.3 Å². The van der Waals surface area contributed by atoms with Gasteiger partial charge < -0.3 is 9.84 Å². The van der Waals surface area contributed by atoms with Crippen LogP contribution in [0.25, 0.3) is 0 Å². The Morgan fingerprint density at radius 3 is 2.90 bits per heavy atom. The summed E-state index contributed by atoms with van der Waals surface area (Å²) in [6.45, 7) is 2.44. The number of hydrogen-bond donors (Lipinski definition) is 1. The largest absolute Gasteiger partial charge is 0.515 e. The standard InChI is InChI=1S/C7H12O3/c1-2-3-6-10-7(9)4-5-8/h4-5,8H,2-3,6H2,1H3. The first kappa shape index (κ1) is 9.01. The summed E-state index contributed by atoms with van der Waals surface area (Å²) in [6.07, 6.45) is 3.52. The van der Waals surface area contributed by atoms with Crippen molar-refractivity contribution in [2.75, 3.05) is 6.61 Å². The van der Waals surface area contributed by atoms with Gasteiger partial charge in [-0.2, -0.15) is 0 Å². The van der Waals surface area contributed by atoms with Crippen LogP contribution in [-0.4, -0.2) is 17.7 Å². The van der Waals surface area contributed by atoms with Gasteiger partial charge in [-0.3, -0.25) is 0 Å². The van der Waals surface area contributed by atoms with Crippen molar-refractivity contribution >= 4 is 5.97 Å². The summed E-state index contributed by atoms with van der Waals surface area (Å²) in [7, 11) is 0. The molecule has 0 fully saturated rings. The van der Waals surface area contributed by atoms with Gasteiger partial charge in [0.25, 0.3) is 0 Å². The molecule has 0 aromatic carbocycles. The van der Waals surface area contributed by atoms with E-state index in [2.05, 4.69) is 4.74 Å². The number of hydrogen-bond acceptors (Lipinski definition) is 3. The van der Waals surface area contributed by atoms with Crippen LogP contribution in [0.1, 0.15) is 19.8 Å². The Kier molecular flexibility index (Phi) is 5.53. The van der Waals surface area contributed by atoms with E-state index in [0.717, 1.165) is 18.9 Å². The van der Waals surface area contributed by atoms with Crippen molar-refractivity contribution in [1.82, 2.24) is 0 Å². The second-order valence-corrected chi connectivity index (χ2v) is 1.84. The highest BCUT2D eigenvalue weighted by molar-refractivity contribution is 5.81. The lowest BCUT2D eigenvalue weighted by Crippen LogP contribution is -2.01. The van der Waals surface area contributed by atoms with Crippen molar-refractivity contribution in [3.8, 4) is 0 Å². The van der Waals surface area contributed by atoms with Gasteiger partial charge in [-0.25, -0.2) is 4.79 Å². The van der Waals surface area contributed by atoms with Gasteiger partial charge in [-0.15, -0.1) is 0 Å². The molecule has 0 aliphatic heterocycles. The molecule has 0 spiro atoms. The molecule has 0 aliphatic rings. The molecule has 0 heterocycles. The number of esters is 1. The molecule has 0 saturated carbocycles. The topological polar surface area (TPSA) is 46.5 Å². The van der Waals surface area contributed by atoms with Crippen LogP contribution in [-0.2, 0) is 9.53 Å². The van der Waals surface area contributed by atoms with Gasteiger partial charge in [0.1, 0.15) is 0 Å². The van der Waals surface area contributed by atoms with Crippen LogP contribution in [0.5, 0.6) is 0 Å². The molecule has 3 nitrogen and oxygen atoms in total. The first-order chi connectivity index (χ1) is 4.81. The fourth-order valence-corrected chi connectivity index (χ4v) is 0.426. The van der Waals surface area contributed by atoms with Gasteiger partial charge >= 0.3 is 5.97 Å². The Bertz CT molecular complexity index is 118. The molecule has 0 rings (SSSR count). The van der Waals surface area contributed by atoms with Gasteiger partial charge in [0, 0.05) is 0 Å². The first-order valence-corrected chi connectivity index (χ1v) is 3.28. The van der Waals surface area contributed by atoms with Gasteiger partial charge in [0.05, 0.1) is 18.9 Å². The van der Waals surface area contributed by atoms with Crippen LogP contribution in [0.3, 0.4) is 0 Å². The molecule has 0 unspecified atom stereocenters. The summed E-state index contributed by atoms with van der Waals surface area (Å²) in [6, 6.07) is 0. The Morgan fingerprint density at radius 1 is 1.70 bits per heavy atom. The van der Waals surface area contributed by atoms with E-state index in [0.29, 0.717) is 12.9 Å². The maximum absolute atomic E-state index is 10.4. The summed E-state index contributed by atoms with van der Waals surface area (Å²) in [5, 5.41) is 8.11. The monoisotopic (exact) mass is 144 g/mol. The highest BCUT2D eigenvalue weighted by atomic mass is 16.5. The van der Waals surface area contributed by atoms with E-state index < -0.39 is 5.97 Å². The Morgan fingerprint density at radius 2 is 2.40 bits per heavy atom. The molecule has 0 bridgehead atoms. The SMILES string of the molecule is CCCCOC(=O)C=CO. The number of rotatable bonds is 4. The minimum absolute atomic E-state index is 0.430. The van der Waals surface area contributed by atoms with Crippen LogP contribution in [0.2, 0.25) is 0 Å². The molecule has 0 aromatic heterocycles. The highest BCUT2D eigenvalue weighted by Crippen LogP contribution is 1.88. The molecule has 0 aromatic rings. The van der Waals surface area contributed by atoms with E-state index in [1.807, 2.05) is 6.92 Å². The average Bonchev–Trinajstić information content (AvgIpc) is 1.89. The van der Waals surface area contributed by atoms with Gasteiger partial charge in [0.2, 0.25) is 0 Å². The predicted octanol–water partition coefficient (Wildman–Crippen LogP) is 1.40. The number of carbonyl (C=O) groups excluding carboxylic acids is 1. The number of ether oxygens (including phenoxy) is 1. The number of unbranched alkanes of at least 4 members (excludes halogenated alkanes) is 1. The third-order valence-electron chi connectivity index (χ3n) is 0.953. The zero-order valence-electron chi connectivity index (χ0n) is 6.04. The van der Waals surface area contributed by atoms with Crippen molar-refractivity contribution < 1.29 is 14.6 Å². The van der Waals surface area contributed by atoms with E-state index in [9.17, 15) is 4.79 Å². The van der Waals surface area contributed by atoms with Crippen LogP contribution < -0.4 is 0 Å². The Balaban J connectivity index is 3.22. The molecular weight excluding hydrogens is 132 g/mol. The van der Waals surface area contributed by atoms with Crippen molar-refractivity contribution in [1.29, 1.82) is 0 Å². The van der Waals surface area contributed by atoms with Crippen LogP contribution in [0.15, 0.2) is 12.3 Å². The van der Waals surface area contributed by atoms with Gasteiger partial charge in [-0.1, -0.05) is 13.3 Å². The summed E-state index contributed by atoms with van der Waals surface area (Å²) >= 11 is 0. The minimum Gasteiger partial charge on any atom is -0.515 e. The smallest absolute Gasteiger partial charge is 0.333 e. The first-order valence-electron chi connectivity index (χ1n) is 3.28. The normalized spacial score (nSPS) is 10.1. The molecule has 1 N–H and O–H groups in total. The zero-order valence-corrected chi connectivity index (χ0v) is 6.04. The van der Waals surface area contributed by atoms with Gasteiger partial charge in [-0.05, 0) is 6.42 Å². The average molecular weight is 144 g/mol. The molecule has 10 heavy (non-hydrogen) atoms. The van der Waals surface area contributed by atoms with E-state index in [1.54, 1.807) is 0 Å². The second kappa shape index (κ2) is 6.13. The molecule has 0 radical (unpaired) electrons. The summed E-state index contributed by atoms with van der Waals surface area (Å²) in [5.41, 5.74) is 0.